The van der Waals surface area contributed by atoms with E-state index in [1.54, 1.807) is 0 Å². The van der Waals surface area contributed by atoms with Crippen LogP contribution in [0.3, 0.4) is 0 Å². The normalized spacial score (nSPS) is 10.3. The Morgan fingerprint density at radius 3 is 2.61 bits per heavy atom. The number of H-pyrrole nitrogens is 1. The molecule has 0 saturated heterocycles. The van der Waals surface area contributed by atoms with Crippen molar-refractivity contribution in [2.24, 2.45) is 0 Å². The second-order valence-corrected chi connectivity index (χ2v) is 5.45. The van der Waals surface area contributed by atoms with Gasteiger partial charge in [0, 0.05) is 6.07 Å². The van der Waals surface area contributed by atoms with Crippen LogP contribution in [-0.4, -0.2) is 27.2 Å². The zero-order valence-corrected chi connectivity index (χ0v) is 10.9. The molecule has 0 aliphatic carbocycles. The van der Waals surface area contributed by atoms with Gasteiger partial charge in [-0.25, -0.2) is 4.79 Å². The van der Waals surface area contributed by atoms with Gasteiger partial charge < -0.3 is 10.4 Å². The molecule has 0 aliphatic heterocycles. The van der Waals surface area contributed by atoms with Crippen LogP contribution in [0.2, 0.25) is 8.67 Å². The number of aromatic nitrogens is 2. The molecule has 0 bridgehead atoms. The maximum atomic E-state index is 11.8. The van der Waals surface area contributed by atoms with E-state index < -0.39 is 11.9 Å². The molecule has 18 heavy (non-hydrogen) atoms. The molecule has 94 valence electrons. The monoisotopic (exact) mass is 305 g/mol. The standard InChI is InChI=1S/C9H5Cl2N3O3S/c10-5-1-3(7(11)18-5)8(15)12-6-2-4(9(16)17)13-14-6/h1-2H,(H,16,17)(H2,12,13,14,15). The Morgan fingerprint density at radius 2 is 2.11 bits per heavy atom. The lowest BCUT2D eigenvalue weighted by atomic mass is 10.3. The maximum absolute atomic E-state index is 11.8. The molecule has 3 N–H and O–H groups in total. The second-order valence-electron chi connectivity index (χ2n) is 3.16. The molecule has 0 saturated carbocycles. The highest BCUT2D eigenvalue weighted by atomic mass is 35.5. The van der Waals surface area contributed by atoms with Crippen molar-refractivity contribution in [1.29, 1.82) is 0 Å². The van der Waals surface area contributed by atoms with Crippen LogP contribution in [0.15, 0.2) is 12.1 Å². The minimum atomic E-state index is -1.17. The molecule has 2 aromatic rings. The minimum Gasteiger partial charge on any atom is -0.477 e. The largest absolute Gasteiger partial charge is 0.477 e. The molecule has 0 unspecified atom stereocenters. The fraction of sp³-hybridized carbons (Fsp3) is 0. The summed E-state index contributed by atoms with van der Waals surface area (Å²) in [7, 11) is 0. The van der Waals surface area contributed by atoms with Crippen molar-refractivity contribution < 1.29 is 14.7 Å². The highest BCUT2D eigenvalue weighted by molar-refractivity contribution is 7.20. The number of halogens is 2. The van der Waals surface area contributed by atoms with Gasteiger partial charge in [0.2, 0.25) is 0 Å². The summed E-state index contributed by atoms with van der Waals surface area (Å²) in [6, 6.07) is 2.62. The number of hydrogen-bond donors (Lipinski definition) is 3. The van der Waals surface area contributed by atoms with Crippen molar-refractivity contribution >= 4 is 52.2 Å². The van der Waals surface area contributed by atoms with Crippen LogP contribution in [0.25, 0.3) is 0 Å². The maximum Gasteiger partial charge on any atom is 0.353 e. The van der Waals surface area contributed by atoms with Crippen LogP contribution in [0.5, 0.6) is 0 Å². The van der Waals surface area contributed by atoms with Crippen LogP contribution in [-0.2, 0) is 0 Å². The van der Waals surface area contributed by atoms with Gasteiger partial charge in [0.25, 0.3) is 5.91 Å². The summed E-state index contributed by atoms with van der Waals surface area (Å²) in [5, 5.41) is 17.0. The molecule has 2 heterocycles. The number of hydrogen-bond acceptors (Lipinski definition) is 4. The van der Waals surface area contributed by atoms with Gasteiger partial charge in [-0.2, -0.15) is 5.10 Å². The number of carbonyl (C=O) groups excluding carboxylic acids is 1. The van der Waals surface area contributed by atoms with E-state index in [9.17, 15) is 9.59 Å². The number of amides is 1. The van der Waals surface area contributed by atoms with Crippen molar-refractivity contribution in [3.63, 3.8) is 0 Å². The number of aromatic amines is 1. The Labute approximate surface area is 115 Å². The Kier molecular flexibility index (Phi) is 3.55. The van der Waals surface area contributed by atoms with Crippen molar-refractivity contribution in [1.82, 2.24) is 10.2 Å². The van der Waals surface area contributed by atoms with E-state index >= 15 is 0 Å². The van der Waals surface area contributed by atoms with Crippen LogP contribution in [0.4, 0.5) is 5.82 Å². The lowest BCUT2D eigenvalue weighted by Crippen LogP contribution is -2.11. The molecule has 0 spiro atoms. The zero-order chi connectivity index (χ0) is 13.3. The van der Waals surface area contributed by atoms with Crippen LogP contribution in [0.1, 0.15) is 20.8 Å². The number of rotatable bonds is 3. The third kappa shape index (κ3) is 2.63. The highest BCUT2D eigenvalue weighted by Gasteiger charge is 2.16. The van der Waals surface area contributed by atoms with Gasteiger partial charge in [-0.15, -0.1) is 11.3 Å². The summed E-state index contributed by atoms with van der Waals surface area (Å²) in [5.41, 5.74) is 0.0892. The summed E-state index contributed by atoms with van der Waals surface area (Å²) in [6.45, 7) is 0. The van der Waals surface area contributed by atoms with Gasteiger partial charge in [0.1, 0.15) is 10.0 Å². The lowest BCUT2D eigenvalue weighted by Gasteiger charge is -1.98. The molecule has 0 aromatic carbocycles. The molecule has 2 aromatic heterocycles. The molecular formula is C9H5Cl2N3O3S. The molecular weight excluding hydrogens is 301 g/mol. The summed E-state index contributed by atoms with van der Waals surface area (Å²) in [5.74, 6) is -1.58. The summed E-state index contributed by atoms with van der Waals surface area (Å²) in [4.78, 5) is 22.4. The number of thiophene rings is 1. The number of nitrogens with one attached hydrogen (secondary N) is 2. The Morgan fingerprint density at radius 1 is 1.39 bits per heavy atom. The lowest BCUT2D eigenvalue weighted by molar-refractivity contribution is 0.0690. The van der Waals surface area contributed by atoms with Gasteiger partial charge in [-0.1, -0.05) is 23.2 Å². The summed E-state index contributed by atoms with van der Waals surface area (Å²) >= 11 is 12.6. The third-order valence-corrected chi connectivity index (χ3v) is 3.44. The van der Waals surface area contributed by atoms with Crippen LogP contribution in [0, 0.1) is 0 Å². The third-order valence-electron chi connectivity index (χ3n) is 1.95. The predicted octanol–water partition coefficient (Wildman–Crippen LogP) is 2.73. The first kappa shape index (κ1) is 12.9. The van der Waals surface area contributed by atoms with Gasteiger partial charge in [-0.05, 0) is 6.07 Å². The molecule has 1 amide bonds. The average Bonchev–Trinajstić information content (AvgIpc) is 2.85. The minimum absolute atomic E-state index is 0.0933. The van der Waals surface area contributed by atoms with E-state index in [0.717, 1.165) is 11.3 Å². The van der Waals surface area contributed by atoms with Gasteiger partial charge >= 0.3 is 5.97 Å². The van der Waals surface area contributed by atoms with Gasteiger partial charge in [0.15, 0.2) is 5.82 Å². The first-order valence-electron chi connectivity index (χ1n) is 4.52. The quantitative estimate of drug-likeness (QED) is 0.812. The molecule has 2 rings (SSSR count). The topological polar surface area (TPSA) is 95.1 Å². The van der Waals surface area contributed by atoms with Crippen molar-refractivity contribution in [3.8, 4) is 0 Å². The number of anilines is 1. The van der Waals surface area contributed by atoms with E-state index in [4.69, 9.17) is 28.3 Å². The van der Waals surface area contributed by atoms with Crippen molar-refractivity contribution in [3.05, 3.63) is 32.1 Å². The number of carboxylic acid groups (broad SMARTS) is 1. The molecule has 0 aliphatic rings. The molecule has 0 radical (unpaired) electrons. The number of carbonyl (C=O) groups is 2. The van der Waals surface area contributed by atoms with E-state index in [-0.39, 0.29) is 21.4 Å². The molecule has 6 nitrogen and oxygen atoms in total. The van der Waals surface area contributed by atoms with E-state index in [2.05, 4.69) is 15.5 Å². The second kappa shape index (κ2) is 4.97. The molecule has 0 fully saturated rings. The Hall–Kier alpha value is -1.57. The number of nitrogens with zero attached hydrogens (tertiary/aromatic N) is 1. The average molecular weight is 306 g/mol. The summed E-state index contributed by atoms with van der Waals surface area (Å²) < 4.78 is 0.643. The SMILES string of the molecule is O=C(O)c1cc(NC(=O)c2cc(Cl)sc2Cl)n[nH]1. The first-order chi connectivity index (χ1) is 8.47. The number of aromatic carboxylic acids is 1. The van der Waals surface area contributed by atoms with E-state index in [1.165, 1.54) is 12.1 Å². The van der Waals surface area contributed by atoms with Crippen molar-refractivity contribution in [2.45, 2.75) is 0 Å². The van der Waals surface area contributed by atoms with Gasteiger partial charge in [-0.3, -0.25) is 9.89 Å². The number of carboxylic acids is 1. The van der Waals surface area contributed by atoms with Crippen LogP contribution < -0.4 is 5.32 Å². The fourth-order valence-corrected chi connectivity index (χ4v) is 2.63. The van der Waals surface area contributed by atoms with E-state index in [1.807, 2.05) is 0 Å². The smallest absolute Gasteiger partial charge is 0.353 e. The Balaban J connectivity index is 2.16. The highest BCUT2D eigenvalue weighted by Crippen LogP contribution is 2.31. The molecule has 9 heteroatoms. The van der Waals surface area contributed by atoms with E-state index in [0.29, 0.717) is 4.34 Å². The molecule has 0 atom stereocenters. The predicted molar refractivity (Wildman–Crippen MR) is 67.8 cm³/mol. The Bertz CT molecular complexity index is 622. The zero-order valence-electron chi connectivity index (χ0n) is 8.53. The fourth-order valence-electron chi connectivity index (χ4n) is 1.17. The first-order valence-corrected chi connectivity index (χ1v) is 6.09. The van der Waals surface area contributed by atoms with Gasteiger partial charge in [0.05, 0.1) is 9.90 Å². The van der Waals surface area contributed by atoms with Crippen molar-refractivity contribution in [2.75, 3.05) is 5.32 Å². The summed E-state index contributed by atoms with van der Waals surface area (Å²) in [6.07, 6.45) is 0. The van der Waals surface area contributed by atoms with Crippen LogP contribution >= 0.6 is 34.5 Å².